The fourth-order valence-electron chi connectivity index (χ4n) is 2.03. The highest BCUT2D eigenvalue weighted by molar-refractivity contribution is 8.00. The molecule has 0 unspecified atom stereocenters. The van der Waals surface area contributed by atoms with Gasteiger partial charge < -0.3 is 10.7 Å². The third-order valence-electron chi connectivity index (χ3n) is 3.33. The molecule has 1 aromatic carbocycles. The van der Waals surface area contributed by atoms with Crippen LogP contribution in [0.2, 0.25) is 0 Å². The molecule has 1 amide bonds. The summed E-state index contributed by atoms with van der Waals surface area (Å²) in [4.78, 5) is 13.8. The van der Waals surface area contributed by atoms with Gasteiger partial charge in [0.2, 0.25) is 16.2 Å². The Kier molecular flexibility index (Phi) is 6.92. The van der Waals surface area contributed by atoms with Gasteiger partial charge in [-0.1, -0.05) is 35.7 Å². The number of benzene rings is 1. The van der Waals surface area contributed by atoms with E-state index in [-0.39, 0.29) is 17.5 Å². The molecule has 0 aliphatic rings. The van der Waals surface area contributed by atoms with Crippen molar-refractivity contribution in [2.75, 3.05) is 24.7 Å². The van der Waals surface area contributed by atoms with Crippen molar-refractivity contribution in [3.8, 4) is 0 Å². The van der Waals surface area contributed by atoms with Gasteiger partial charge in [-0.25, -0.2) is 9.07 Å². The minimum atomic E-state index is -0.270. The lowest BCUT2D eigenvalue weighted by atomic mass is 10.2. The van der Waals surface area contributed by atoms with E-state index in [1.165, 1.54) is 40.3 Å². The molecule has 9 heteroatoms. The maximum atomic E-state index is 13.2. The van der Waals surface area contributed by atoms with Gasteiger partial charge in [0.05, 0.1) is 5.75 Å². The first-order valence-corrected chi connectivity index (χ1v) is 9.50. The SMILES string of the molecule is CCN(CC)C(=O)CSc1nnc(SCc2cccc(F)c2)n1N. The maximum absolute atomic E-state index is 13.2. The quantitative estimate of drug-likeness (QED) is 0.569. The number of carbonyl (C=O) groups excluding carboxylic acids is 1. The minimum absolute atomic E-state index is 0.0435. The lowest BCUT2D eigenvalue weighted by Crippen LogP contribution is -2.32. The summed E-state index contributed by atoms with van der Waals surface area (Å²) in [6.45, 7) is 5.25. The Morgan fingerprint density at radius 1 is 1.25 bits per heavy atom. The number of nitrogens with zero attached hydrogens (tertiary/aromatic N) is 4. The topological polar surface area (TPSA) is 77.0 Å². The molecule has 0 radical (unpaired) electrons. The number of hydrogen-bond acceptors (Lipinski definition) is 6. The Morgan fingerprint density at radius 2 is 1.92 bits per heavy atom. The second-order valence-corrected chi connectivity index (χ2v) is 6.79. The van der Waals surface area contributed by atoms with Crippen LogP contribution in [0.25, 0.3) is 0 Å². The molecule has 24 heavy (non-hydrogen) atoms. The normalized spacial score (nSPS) is 10.8. The van der Waals surface area contributed by atoms with Crippen molar-refractivity contribution in [1.29, 1.82) is 0 Å². The van der Waals surface area contributed by atoms with Gasteiger partial charge in [-0.3, -0.25) is 4.79 Å². The van der Waals surface area contributed by atoms with Crippen molar-refractivity contribution in [1.82, 2.24) is 19.8 Å². The third kappa shape index (κ3) is 4.88. The predicted molar refractivity (Wildman–Crippen MR) is 94.8 cm³/mol. The van der Waals surface area contributed by atoms with Gasteiger partial charge in [0, 0.05) is 18.8 Å². The first-order valence-electron chi connectivity index (χ1n) is 7.53. The summed E-state index contributed by atoms with van der Waals surface area (Å²) >= 11 is 2.63. The molecule has 0 aliphatic heterocycles. The fraction of sp³-hybridized carbons (Fsp3) is 0.400. The number of hydrogen-bond donors (Lipinski definition) is 1. The summed E-state index contributed by atoms with van der Waals surface area (Å²) in [5.74, 6) is 6.56. The van der Waals surface area contributed by atoms with Crippen molar-refractivity contribution in [3.63, 3.8) is 0 Å². The highest BCUT2D eigenvalue weighted by Gasteiger charge is 2.15. The van der Waals surface area contributed by atoms with Gasteiger partial charge in [0.15, 0.2) is 0 Å². The number of thioether (sulfide) groups is 2. The largest absolute Gasteiger partial charge is 0.343 e. The monoisotopic (exact) mass is 369 g/mol. The Labute approximate surface area is 149 Å². The molecule has 0 aliphatic carbocycles. The number of carbonyl (C=O) groups is 1. The average molecular weight is 369 g/mol. The summed E-state index contributed by atoms with van der Waals surface area (Å²) in [7, 11) is 0. The number of nitrogen functional groups attached to an aromatic ring is 1. The second-order valence-electron chi connectivity index (χ2n) is 4.91. The van der Waals surface area contributed by atoms with Crippen LogP contribution < -0.4 is 5.84 Å². The molecule has 1 aromatic heterocycles. The van der Waals surface area contributed by atoms with E-state index in [0.717, 1.165) is 5.56 Å². The minimum Gasteiger partial charge on any atom is -0.343 e. The zero-order chi connectivity index (χ0) is 17.5. The third-order valence-corrected chi connectivity index (χ3v) is 5.27. The van der Waals surface area contributed by atoms with Crippen molar-refractivity contribution >= 4 is 29.4 Å². The van der Waals surface area contributed by atoms with Gasteiger partial charge in [0.25, 0.3) is 0 Å². The van der Waals surface area contributed by atoms with Crippen LogP contribution >= 0.6 is 23.5 Å². The van der Waals surface area contributed by atoms with E-state index in [2.05, 4.69) is 10.2 Å². The van der Waals surface area contributed by atoms with Crippen LogP contribution in [0.15, 0.2) is 34.6 Å². The molecule has 0 bridgehead atoms. The molecule has 0 atom stereocenters. The van der Waals surface area contributed by atoms with Crippen molar-refractivity contribution in [3.05, 3.63) is 35.6 Å². The summed E-state index contributed by atoms with van der Waals surface area (Å²) < 4.78 is 14.5. The van der Waals surface area contributed by atoms with Crippen LogP contribution in [0, 0.1) is 5.82 Å². The lowest BCUT2D eigenvalue weighted by molar-refractivity contribution is -0.127. The van der Waals surface area contributed by atoms with Gasteiger partial charge in [-0.15, -0.1) is 10.2 Å². The summed E-state index contributed by atoms with van der Waals surface area (Å²) in [5.41, 5.74) is 0.842. The van der Waals surface area contributed by atoms with E-state index >= 15 is 0 Å². The van der Waals surface area contributed by atoms with Gasteiger partial charge in [0.1, 0.15) is 5.82 Å². The van der Waals surface area contributed by atoms with E-state index in [0.29, 0.717) is 29.2 Å². The molecule has 1 heterocycles. The van der Waals surface area contributed by atoms with E-state index in [1.54, 1.807) is 11.0 Å². The summed E-state index contributed by atoms with van der Waals surface area (Å²) in [6, 6.07) is 6.38. The molecular formula is C15H20FN5OS2. The summed E-state index contributed by atoms with van der Waals surface area (Å²) in [6.07, 6.45) is 0. The van der Waals surface area contributed by atoms with E-state index in [1.807, 2.05) is 19.9 Å². The first-order chi connectivity index (χ1) is 11.5. The van der Waals surface area contributed by atoms with E-state index < -0.39 is 0 Å². The molecular weight excluding hydrogens is 349 g/mol. The average Bonchev–Trinajstić information content (AvgIpc) is 2.92. The van der Waals surface area contributed by atoms with Crippen molar-refractivity contribution in [2.45, 2.75) is 29.9 Å². The molecule has 0 saturated carbocycles. The molecule has 0 fully saturated rings. The highest BCUT2D eigenvalue weighted by atomic mass is 32.2. The van der Waals surface area contributed by atoms with E-state index in [4.69, 9.17) is 5.84 Å². The van der Waals surface area contributed by atoms with Crippen LogP contribution in [0.1, 0.15) is 19.4 Å². The Bertz CT molecular complexity index is 690. The number of rotatable bonds is 8. The smallest absolute Gasteiger partial charge is 0.233 e. The molecule has 130 valence electrons. The number of halogens is 1. The molecule has 2 rings (SSSR count). The van der Waals surface area contributed by atoms with Crippen molar-refractivity contribution < 1.29 is 9.18 Å². The fourth-order valence-corrected chi connectivity index (χ4v) is 3.65. The van der Waals surface area contributed by atoms with Crippen molar-refractivity contribution in [2.24, 2.45) is 0 Å². The summed E-state index contributed by atoms with van der Waals surface area (Å²) in [5, 5.41) is 9.05. The molecule has 2 N–H and O–H groups in total. The predicted octanol–water partition coefficient (Wildman–Crippen LogP) is 2.38. The van der Waals surface area contributed by atoms with Gasteiger partial charge in [-0.2, -0.15) is 0 Å². The lowest BCUT2D eigenvalue weighted by Gasteiger charge is -2.17. The van der Waals surface area contributed by atoms with E-state index in [9.17, 15) is 9.18 Å². The standard InChI is InChI=1S/C15H20FN5OS2/c1-3-20(4-2)13(22)10-24-15-19-18-14(21(15)17)23-9-11-6-5-7-12(16)8-11/h5-8H,3-4,9-10,17H2,1-2H3. The second kappa shape index (κ2) is 8.93. The Hall–Kier alpha value is -1.74. The van der Waals surface area contributed by atoms with Crippen LogP contribution in [0.5, 0.6) is 0 Å². The van der Waals surface area contributed by atoms with Crippen LogP contribution in [0.4, 0.5) is 4.39 Å². The highest BCUT2D eigenvalue weighted by Crippen LogP contribution is 2.24. The zero-order valence-corrected chi connectivity index (χ0v) is 15.2. The zero-order valence-electron chi connectivity index (χ0n) is 13.6. The maximum Gasteiger partial charge on any atom is 0.233 e. The Balaban J connectivity index is 1.92. The molecule has 2 aromatic rings. The van der Waals surface area contributed by atoms with Gasteiger partial charge in [-0.05, 0) is 31.5 Å². The number of aromatic nitrogens is 3. The Morgan fingerprint density at radius 3 is 2.54 bits per heavy atom. The first kappa shape index (κ1) is 18.6. The van der Waals surface area contributed by atoms with Crippen LogP contribution in [-0.2, 0) is 10.5 Å². The van der Waals surface area contributed by atoms with Gasteiger partial charge >= 0.3 is 0 Å². The van der Waals surface area contributed by atoms with Crippen LogP contribution in [0.3, 0.4) is 0 Å². The molecule has 0 spiro atoms. The number of nitrogens with two attached hydrogens (primary N) is 1. The van der Waals surface area contributed by atoms with Crippen LogP contribution in [-0.4, -0.2) is 44.5 Å². The number of amides is 1. The molecule has 0 saturated heterocycles. The molecule has 6 nitrogen and oxygen atoms in total.